The molecule has 1 unspecified atom stereocenters. The Labute approximate surface area is 187 Å². The summed E-state index contributed by atoms with van der Waals surface area (Å²) in [5.74, 6) is 3.07. The van der Waals surface area contributed by atoms with Crippen molar-refractivity contribution >= 4 is 35.6 Å². The minimum Gasteiger partial charge on any atom is -0.493 e. The number of likely N-dealkylation sites (tertiary alicyclic amines) is 1. The minimum atomic E-state index is 0. The second-order valence-electron chi connectivity index (χ2n) is 7.21. The predicted molar refractivity (Wildman–Crippen MR) is 129 cm³/mol. The fourth-order valence-corrected chi connectivity index (χ4v) is 3.49. The van der Waals surface area contributed by atoms with Crippen LogP contribution in [-0.2, 0) is 0 Å². The highest BCUT2D eigenvalue weighted by Crippen LogP contribution is 2.29. The molecule has 0 bridgehead atoms. The fraction of sp³-hybridized carbons (Fsp3) is 0.667. The summed E-state index contributed by atoms with van der Waals surface area (Å²) in [6.07, 6.45) is 5.03. The normalized spacial score (nSPS) is 17.6. The Morgan fingerprint density at radius 2 is 2.00 bits per heavy atom. The van der Waals surface area contributed by atoms with Gasteiger partial charge in [-0.05, 0) is 63.7 Å². The van der Waals surface area contributed by atoms with E-state index in [2.05, 4.69) is 29.4 Å². The van der Waals surface area contributed by atoms with Gasteiger partial charge < -0.3 is 25.0 Å². The highest BCUT2D eigenvalue weighted by atomic mass is 127. The summed E-state index contributed by atoms with van der Waals surface area (Å²) in [5.41, 5.74) is 0.926. The van der Waals surface area contributed by atoms with Crippen LogP contribution in [0, 0.1) is 5.92 Å². The fourth-order valence-electron chi connectivity index (χ4n) is 3.49. The zero-order chi connectivity index (χ0) is 19.5. The van der Waals surface area contributed by atoms with Crippen LogP contribution in [0.25, 0.3) is 0 Å². The molecule has 6 nitrogen and oxygen atoms in total. The van der Waals surface area contributed by atoms with Crippen molar-refractivity contribution in [1.29, 1.82) is 0 Å². The van der Waals surface area contributed by atoms with Gasteiger partial charge in [0.15, 0.2) is 17.5 Å². The molecule has 0 amide bonds. The molecule has 7 heteroatoms. The third-order valence-electron chi connectivity index (χ3n) is 4.88. The molecule has 2 N–H and O–H groups in total. The Balaban J connectivity index is 0.00000392. The van der Waals surface area contributed by atoms with Crippen molar-refractivity contribution in [3.8, 4) is 11.5 Å². The number of piperidine rings is 1. The second kappa shape index (κ2) is 13.9. The number of nitrogens with one attached hydrogen (secondary N) is 2. The van der Waals surface area contributed by atoms with Gasteiger partial charge in [0.05, 0.1) is 14.2 Å². The molecule has 1 aromatic rings. The molecule has 1 fully saturated rings. The number of hydrogen-bond acceptors (Lipinski definition) is 4. The van der Waals surface area contributed by atoms with E-state index < -0.39 is 0 Å². The first-order chi connectivity index (χ1) is 13.2. The van der Waals surface area contributed by atoms with Gasteiger partial charge in [-0.1, -0.05) is 6.92 Å². The molecule has 1 heterocycles. The van der Waals surface area contributed by atoms with E-state index >= 15 is 0 Å². The van der Waals surface area contributed by atoms with Crippen molar-refractivity contribution in [2.45, 2.75) is 39.5 Å². The molecule has 160 valence electrons. The van der Waals surface area contributed by atoms with E-state index in [1.165, 1.54) is 38.9 Å². The molecule has 0 radical (unpaired) electrons. The standard InChI is InChI=1S/C21H36N4O2.HI/c1-5-22-21(24-18-10-11-19(26-3)20(15-18)27-4)23-12-6-7-13-25-14-8-9-17(2)16-25;/h10-11,15,17H,5-9,12-14,16H2,1-4H3,(H2,22,23,24);1H. The molecule has 28 heavy (non-hydrogen) atoms. The van der Waals surface area contributed by atoms with Gasteiger partial charge in [-0.25, -0.2) is 0 Å². The van der Waals surface area contributed by atoms with Gasteiger partial charge in [0, 0.05) is 31.4 Å². The van der Waals surface area contributed by atoms with Gasteiger partial charge >= 0.3 is 0 Å². The third-order valence-corrected chi connectivity index (χ3v) is 4.88. The maximum atomic E-state index is 5.37. The van der Waals surface area contributed by atoms with Crippen LogP contribution in [-0.4, -0.2) is 57.8 Å². The van der Waals surface area contributed by atoms with Gasteiger partial charge in [0.1, 0.15) is 0 Å². The van der Waals surface area contributed by atoms with Gasteiger partial charge in [-0.2, -0.15) is 0 Å². The van der Waals surface area contributed by atoms with Crippen LogP contribution in [0.4, 0.5) is 5.69 Å². The molecule has 0 aliphatic carbocycles. The van der Waals surface area contributed by atoms with E-state index in [4.69, 9.17) is 14.5 Å². The topological polar surface area (TPSA) is 58.1 Å². The predicted octanol–water partition coefficient (Wildman–Crippen LogP) is 4.21. The van der Waals surface area contributed by atoms with E-state index in [1.807, 2.05) is 18.2 Å². The Morgan fingerprint density at radius 3 is 2.68 bits per heavy atom. The van der Waals surface area contributed by atoms with E-state index in [1.54, 1.807) is 14.2 Å². The van der Waals surface area contributed by atoms with Crippen LogP contribution < -0.4 is 20.1 Å². The molecule has 1 aromatic carbocycles. The lowest BCUT2D eigenvalue weighted by atomic mass is 10.0. The SMILES string of the molecule is CCNC(=NCCCCN1CCCC(C)C1)Nc1ccc(OC)c(OC)c1.I. The van der Waals surface area contributed by atoms with Crippen LogP contribution in [0.1, 0.15) is 39.5 Å². The lowest BCUT2D eigenvalue weighted by Crippen LogP contribution is -2.35. The number of aliphatic imine (C=N–C) groups is 1. The van der Waals surface area contributed by atoms with Crippen LogP contribution in [0.5, 0.6) is 11.5 Å². The van der Waals surface area contributed by atoms with Crippen LogP contribution in [0.3, 0.4) is 0 Å². The molecule has 2 rings (SSSR count). The maximum absolute atomic E-state index is 5.37. The Kier molecular flexibility index (Phi) is 12.3. The zero-order valence-electron chi connectivity index (χ0n) is 17.8. The van der Waals surface area contributed by atoms with E-state index in [9.17, 15) is 0 Å². The van der Waals surface area contributed by atoms with Gasteiger partial charge in [-0.3, -0.25) is 4.99 Å². The van der Waals surface area contributed by atoms with Crippen molar-refractivity contribution in [2.75, 3.05) is 52.3 Å². The Morgan fingerprint density at radius 1 is 1.21 bits per heavy atom. The summed E-state index contributed by atoms with van der Waals surface area (Å²) >= 11 is 0. The van der Waals surface area contributed by atoms with E-state index in [0.717, 1.165) is 42.8 Å². The van der Waals surface area contributed by atoms with Crippen LogP contribution >= 0.6 is 24.0 Å². The first-order valence-corrected chi connectivity index (χ1v) is 10.2. The molecular weight excluding hydrogens is 467 g/mol. The lowest BCUT2D eigenvalue weighted by molar-refractivity contribution is 0.181. The Hall–Kier alpha value is -1.22. The summed E-state index contributed by atoms with van der Waals surface area (Å²) in [4.78, 5) is 7.31. The van der Waals surface area contributed by atoms with E-state index in [-0.39, 0.29) is 24.0 Å². The summed E-state index contributed by atoms with van der Waals surface area (Å²) in [6.45, 7) is 9.79. The van der Waals surface area contributed by atoms with Crippen molar-refractivity contribution in [2.24, 2.45) is 10.9 Å². The third kappa shape index (κ3) is 8.43. The number of rotatable bonds is 9. The number of unbranched alkanes of at least 4 members (excludes halogenated alkanes) is 1. The lowest BCUT2D eigenvalue weighted by Gasteiger charge is -2.30. The zero-order valence-corrected chi connectivity index (χ0v) is 20.1. The number of halogens is 1. The number of anilines is 1. The van der Waals surface area contributed by atoms with Crippen LogP contribution in [0.2, 0.25) is 0 Å². The van der Waals surface area contributed by atoms with Crippen LogP contribution in [0.15, 0.2) is 23.2 Å². The minimum absolute atomic E-state index is 0. The monoisotopic (exact) mass is 504 g/mol. The first-order valence-electron chi connectivity index (χ1n) is 10.2. The average molecular weight is 504 g/mol. The number of guanidine groups is 1. The molecule has 1 atom stereocenters. The highest BCUT2D eigenvalue weighted by molar-refractivity contribution is 14.0. The summed E-state index contributed by atoms with van der Waals surface area (Å²) in [6, 6.07) is 5.78. The number of hydrogen-bond donors (Lipinski definition) is 2. The molecular formula is C21H37IN4O2. The smallest absolute Gasteiger partial charge is 0.195 e. The van der Waals surface area contributed by atoms with Gasteiger partial charge in [0.25, 0.3) is 0 Å². The molecule has 1 aliphatic rings. The van der Waals surface area contributed by atoms with Crippen molar-refractivity contribution < 1.29 is 9.47 Å². The maximum Gasteiger partial charge on any atom is 0.195 e. The number of benzene rings is 1. The Bertz CT molecular complexity index is 598. The molecule has 1 saturated heterocycles. The molecule has 0 aromatic heterocycles. The molecule has 1 aliphatic heterocycles. The summed E-state index contributed by atoms with van der Waals surface area (Å²) < 4.78 is 10.7. The van der Waals surface area contributed by atoms with Crippen molar-refractivity contribution in [3.05, 3.63) is 18.2 Å². The summed E-state index contributed by atoms with van der Waals surface area (Å²) in [7, 11) is 3.28. The second-order valence-corrected chi connectivity index (χ2v) is 7.21. The van der Waals surface area contributed by atoms with Crippen molar-refractivity contribution in [1.82, 2.24) is 10.2 Å². The van der Waals surface area contributed by atoms with Gasteiger partial charge in [-0.15, -0.1) is 24.0 Å². The average Bonchev–Trinajstić information content (AvgIpc) is 2.67. The van der Waals surface area contributed by atoms with E-state index in [0.29, 0.717) is 5.75 Å². The first kappa shape index (κ1) is 24.8. The van der Waals surface area contributed by atoms with Gasteiger partial charge in [0.2, 0.25) is 0 Å². The molecule has 0 saturated carbocycles. The number of methoxy groups -OCH3 is 2. The molecule has 0 spiro atoms. The highest BCUT2D eigenvalue weighted by Gasteiger charge is 2.15. The number of ether oxygens (including phenoxy) is 2. The quantitative estimate of drug-likeness (QED) is 0.229. The number of nitrogens with zero attached hydrogens (tertiary/aromatic N) is 2. The van der Waals surface area contributed by atoms with Crippen molar-refractivity contribution in [3.63, 3.8) is 0 Å². The largest absolute Gasteiger partial charge is 0.493 e. The summed E-state index contributed by atoms with van der Waals surface area (Å²) in [5, 5.41) is 6.64.